The highest BCUT2D eigenvalue weighted by atomic mass is 35.5. The molecule has 0 radical (unpaired) electrons. The maximum atomic E-state index is 9.94. The predicted molar refractivity (Wildman–Crippen MR) is 80.2 cm³/mol. The third kappa shape index (κ3) is 2.53. The Bertz CT molecular complexity index is 755. The summed E-state index contributed by atoms with van der Waals surface area (Å²) in [6, 6.07) is 11.1. The monoisotopic (exact) mass is 300 g/mol. The third-order valence-electron chi connectivity index (χ3n) is 3.09. The van der Waals surface area contributed by atoms with Gasteiger partial charge in [0, 0.05) is 18.0 Å². The van der Waals surface area contributed by atoms with E-state index in [-0.39, 0.29) is 0 Å². The quantitative estimate of drug-likeness (QED) is 0.807. The molecule has 1 aromatic carbocycles. The molecule has 0 spiro atoms. The SMILES string of the molecule is CC(O)c1nnc(-c2ccncc2)n1-c1ccccc1Cl. The average molecular weight is 301 g/mol. The summed E-state index contributed by atoms with van der Waals surface area (Å²) >= 11 is 6.28. The number of aliphatic hydroxyl groups excluding tert-OH is 1. The van der Waals surface area contributed by atoms with E-state index in [1.807, 2.05) is 30.3 Å². The minimum absolute atomic E-state index is 0.440. The first-order valence-electron chi connectivity index (χ1n) is 6.47. The van der Waals surface area contributed by atoms with Crippen LogP contribution in [0.1, 0.15) is 18.9 Å². The van der Waals surface area contributed by atoms with Crippen molar-refractivity contribution in [3.8, 4) is 17.1 Å². The normalized spacial score (nSPS) is 12.3. The zero-order valence-corrected chi connectivity index (χ0v) is 12.1. The number of halogens is 1. The van der Waals surface area contributed by atoms with Crippen molar-refractivity contribution in [2.75, 3.05) is 0 Å². The Morgan fingerprint density at radius 3 is 2.48 bits per heavy atom. The largest absolute Gasteiger partial charge is 0.385 e. The third-order valence-corrected chi connectivity index (χ3v) is 3.41. The summed E-state index contributed by atoms with van der Waals surface area (Å²) in [5, 5.41) is 18.8. The molecular weight excluding hydrogens is 288 g/mol. The molecule has 5 nitrogen and oxygen atoms in total. The van der Waals surface area contributed by atoms with Gasteiger partial charge in [0.05, 0.1) is 10.7 Å². The fourth-order valence-electron chi connectivity index (χ4n) is 2.13. The lowest BCUT2D eigenvalue weighted by Crippen LogP contribution is -2.06. The van der Waals surface area contributed by atoms with E-state index in [9.17, 15) is 5.11 Å². The first-order valence-corrected chi connectivity index (χ1v) is 6.85. The molecule has 1 N–H and O–H groups in total. The van der Waals surface area contributed by atoms with Gasteiger partial charge in [0.15, 0.2) is 11.6 Å². The number of para-hydroxylation sites is 1. The van der Waals surface area contributed by atoms with Crippen LogP contribution in [0.25, 0.3) is 17.1 Å². The molecule has 3 rings (SSSR count). The van der Waals surface area contributed by atoms with E-state index in [1.165, 1.54) is 0 Å². The van der Waals surface area contributed by atoms with E-state index in [1.54, 1.807) is 30.0 Å². The molecule has 1 atom stereocenters. The van der Waals surface area contributed by atoms with E-state index >= 15 is 0 Å². The van der Waals surface area contributed by atoms with E-state index in [2.05, 4.69) is 15.2 Å². The van der Waals surface area contributed by atoms with Crippen molar-refractivity contribution in [1.82, 2.24) is 19.7 Å². The maximum Gasteiger partial charge on any atom is 0.168 e. The Labute approximate surface area is 126 Å². The van der Waals surface area contributed by atoms with Crippen LogP contribution in [0, 0.1) is 0 Å². The Morgan fingerprint density at radius 1 is 1.10 bits per heavy atom. The van der Waals surface area contributed by atoms with Crippen molar-refractivity contribution in [1.29, 1.82) is 0 Å². The fraction of sp³-hybridized carbons (Fsp3) is 0.133. The Morgan fingerprint density at radius 2 is 1.81 bits per heavy atom. The maximum absolute atomic E-state index is 9.94. The fourth-order valence-corrected chi connectivity index (χ4v) is 2.35. The molecule has 106 valence electrons. The minimum atomic E-state index is -0.760. The molecular formula is C15H13ClN4O. The van der Waals surface area contributed by atoms with Gasteiger partial charge in [0.25, 0.3) is 0 Å². The van der Waals surface area contributed by atoms with Gasteiger partial charge in [-0.1, -0.05) is 23.7 Å². The van der Waals surface area contributed by atoms with Gasteiger partial charge in [-0.2, -0.15) is 0 Å². The summed E-state index contributed by atoms with van der Waals surface area (Å²) in [5.41, 5.74) is 1.58. The van der Waals surface area contributed by atoms with Gasteiger partial charge in [-0.15, -0.1) is 10.2 Å². The molecule has 0 amide bonds. The van der Waals surface area contributed by atoms with E-state index in [0.717, 1.165) is 11.3 Å². The first-order chi connectivity index (χ1) is 10.2. The molecule has 2 heterocycles. The predicted octanol–water partition coefficient (Wildman–Crippen LogP) is 3.04. The van der Waals surface area contributed by atoms with Gasteiger partial charge in [-0.3, -0.25) is 9.55 Å². The van der Waals surface area contributed by atoms with E-state index < -0.39 is 6.10 Å². The summed E-state index contributed by atoms with van der Waals surface area (Å²) in [6.45, 7) is 1.65. The number of benzene rings is 1. The van der Waals surface area contributed by atoms with Crippen LogP contribution in [0.2, 0.25) is 5.02 Å². The van der Waals surface area contributed by atoms with Crippen LogP contribution in [0.5, 0.6) is 0 Å². The van der Waals surface area contributed by atoms with Gasteiger partial charge >= 0.3 is 0 Å². The number of nitrogens with zero attached hydrogens (tertiary/aromatic N) is 4. The summed E-state index contributed by atoms with van der Waals surface area (Å²) in [5.74, 6) is 1.05. The van der Waals surface area contributed by atoms with Crippen molar-refractivity contribution < 1.29 is 5.11 Å². The lowest BCUT2D eigenvalue weighted by atomic mass is 10.2. The minimum Gasteiger partial charge on any atom is -0.385 e. The lowest BCUT2D eigenvalue weighted by molar-refractivity contribution is 0.186. The number of rotatable bonds is 3. The second-order valence-corrected chi connectivity index (χ2v) is 4.99. The van der Waals surface area contributed by atoms with Gasteiger partial charge in [-0.25, -0.2) is 0 Å². The number of pyridine rings is 1. The standard InChI is InChI=1S/C15H13ClN4O/c1-10(21)14-18-19-15(11-6-8-17-9-7-11)20(14)13-5-3-2-4-12(13)16/h2-10,21H,1H3. The lowest BCUT2D eigenvalue weighted by Gasteiger charge is -2.13. The molecule has 0 saturated heterocycles. The molecule has 0 aliphatic carbocycles. The molecule has 21 heavy (non-hydrogen) atoms. The molecule has 0 aliphatic heterocycles. The van der Waals surface area contributed by atoms with Crippen molar-refractivity contribution >= 4 is 11.6 Å². The number of hydrogen-bond acceptors (Lipinski definition) is 4. The average Bonchev–Trinajstić information content (AvgIpc) is 2.93. The van der Waals surface area contributed by atoms with E-state index in [4.69, 9.17) is 11.6 Å². The summed E-state index contributed by atoms with van der Waals surface area (Å²) in [6.07, 6.45) is 2.61. The molecule has 6 heteroatoms. The van der Waals surface area contributed by atoms with Crippen LogP contribution in [-0.2, 0) is 0 Å². The summed E-state index contributed by atoms with van der Waals surface area (Å²) in [4.78, 5) is 4.00. The molecule has 2 aromatic heterocycles. The van der Waals surface area contributed by atoms with Crippen LogP contribution in [0.4, 0.5) is 0 Å². The molecule has 1 unspecified atom stereocenters. The van der Waals surface area contributed by atoms with Crippen molar-refractivity contribution in [2.45, 2.75) is 13.0 Å². The summed E-state index contributed by atoms with van der Waals surface area (Å²) in [7, 11) is 0. The molecule has 0 bridgehead atoms. The van der Waals surface area contributed by atoms with Crippen molar-refractivity contribution in [2.24, 2.45) is 0 Å². The van der Waals surface area contributed by atoms with Gasteiger partial charge < -0.3 is 5.11 Å². The second-order valence-electron chi connectivity index (χ2n) is 4.58. The highest BCUT2D eigenvalue weighted by Crippen LogP contribution is 2.29. The molecule has 0 aliphatic rings. The van der Waals surface area contributed by atoms with E-state index in [0.29, 0.717) is 16.7 Å². The Kier molecular flexibility index (Phi) is 3.68. The van der Waals surface area contributed by atoms with Crippen molar-refractivity contribution in [3.63, 3.8) is 0 Å². The van der Waals surface area contributed by atoms with Crippen molar-refractivity contribution in [3.05, 3.63) is 59.6 Å². The smallest absolute Gasteiger partial charge is 0.168 e. The van der Waals surface area contributed by atoms with Crippen LogP contribution in [-0.4, -0.2) is 24.9 Å². The number of hydrogen-bond donors (Lipinski definition) is 1. The van der Waals surface area contributed by atoms with Gasteiger partial charge in [-0.05, 0) is 31.2 Å². The molecule has 0 fully saturated rings. The highest BCUT2D eigenvalue weighted by molar-refractivity contribution is 6.32. The van der Waals surface area contributed by atoms with Crippen LogP contribution >= 0.6 is 11.6 Å². The Balaban J connectivity index is 2.27. The zero-order valence-electron chi connectivity index (χ0n) is 11.3. The van der Waals surface area contributed by atoms with Crippen LogP contribution in [0.3, 0.4) is 0 Å². The number of aromatic nitrogens is 4. The Hall–Kier alpha value is -2.24. The van der Waals surface area contributed by atoms with Crippen LogP contribution < -0.4 is 0 Å². The summed E-state index contributed by atoms with van der Waals surface area (Å²) < 4.78 is 1.77. The second kappa shape index (κ2) is 5.63. The van der Waals surface area contributed by atoms with Crippen LogP contribution in [0.15, 0.2) is 48.8 Å². The number of aliphatic hydroxyl groups is 1. The molecule has 0 saturated carbocycles. The zero-order chi connectivity index (χ0) is 14.8. The first kappa shape index (κ1) is 13.7. The topological polar surface area (TPSA) is 63.8 Å². The molecule has 3 aromatic rings. The van der Waals surface area contributed by atoms with Gasteiger partial charge in [0.2, 0.25) is 0 Å². The van der Waals surface area contributed by atoms with Gasteiger partial charge in [0.1, 0.15) is 6.10 Å². The highest BCUT2D eigenvalue weighted by Gasteiger charge is 2.20.